The zero-order valence-electron chi connectivity index (χ0n) is 52.8. The summed E-state index contributed by atoms with van der Waals surface area (Å²) >= 11 is 0. The van der Waals surface area contributed by atoms with Crippen LogP contribution in [0.15, 0.2) is 48.6 Å². The van der Waals surface area contributed by atoms with Gasteiger partial charge in [0.05, 0.1) is 27.7 Å². The number of carbonyl (C=O) groups is 2. The third-order valence-electron chi connectivity index (χ3n) is 15.1. The van der Waals surface area contributed by atoms with Crippen LogP contribution in [0.4, 0.5) is 0 Å². The minimum Gasteiger partial charge on any atom is -0.756 e. The molecule has 0 saturated heterocycles. The molecule has 0 bridgehead atoms. The average molecular weight is 1130 g/mol. The Morgan fingerprint density at radius 3 is 1.08 bits per heavy atom. The molecule has 0 aliphatic carbocycles. The third kappa shape index (κ3) is 65.0. The maximum Gasteiger partial charge on any atom is 0.306 e. The standard InChI is InChI=1S/C69H130NO8P/c1-6-8-10-12-14-16-18-20-22-24-25-26-27-28-29-30-31-32-33-34-35-36-37-38-39-40-41-42-43-44-45-46-48-50-52-54-56-58-60-62-69(72)78-67(66-77-79(73,74)76-64-63-70(3,4)5)65-75-68(71)61-59-57-55-53-51-49-47-23-21-19-17-15-13-11-9-7-2/h8,10,14,16,20,22,25-26,67H,6-7,9,11-13,15,17-19,21,23-24,27-66H2,1-5H3/b10-8-,16-14-,22-20-,26-25-. The second kappa shape index (κ2) is 60.6. The Kier molecular flexibility index (Phi) is 59.0. The zero-order valence-corrected chi connectivity index (χ0v) is 53.7. The Bertz CT molecular complexity index is 1470. The Hall–Kier alpha value is -2.03. The molecule has 0 N–H and O–H groups in total. The zero-order chi connectivity index (χ0) is 57.7. The lowest BCUT2D eigenvalue weighted by Gasteiger charge is -2.28. The van der Waals surface area contributed by atoms with E-state index in [0.29, 0.717) is 17.4 Å². The van der Waals surface area contributed by atoms with Crippen molar-refractivity contribution >= 4 is 19.8 Å². The molecule has 2 atom stereocenters. The number of likely N-dealkylation sites (N-methyl/N-ethyl adjacent to an activating group) is 1. The van der Waals surface area contributed by atoms with Gasteiger partial charge in [0, 0.05) is 12.8 Å². The predicted molar refractivity (Wildman–Crippen MR) is 337 cm³/mol. The largest absolute Gasteiger partial charge is 0.756 e. The highest BCUT2D eigenvalue weighted by atomic mass is 31.2. The fourth-order valence-corrected chi connectivity index (χ4v) is 10.7. The number of nitrogens with zero attached hydrogens (tertiary/aromatic N) is 1. The number of phosphoric acid groups is 1. The molecule has 2 unspecified atom stereocenters. The van der Waals surface area contributed by atoms with Crippen molar-refractivity contribution in [2.45, 2.75) is 335 Å². The molecule has 0 aromatic heterocycles. The molecule has 0 rings (SSSR count). The normalized spacial score (nSPS) is 13.4. The first-order valence-corrected chi connectivity index (χ1v) is 35.3. The van der Waals surface area contributed by atoms with Gasteiger partial charge in [0.1, 0.15) is 19.8 Å². The van der Waals surface area contributed by atoms with Crippen LogP contribution in [0.25, 0.3) is 0 Å². The molecule has 79 heavy (non-hydrogen) atoms. The first-order chi connectivity index (χ1) is 38.5. The number of esters is 2. The van der Waals surface area contributed by atoms with E-state index in [0.717, 1.165) is 57.8 Å². The van der Waals surface area contributed by atoms with Crippen molar-refractivity contribution in [3.63, 3.8) is 0 Å². The average Bonchev–Trinajstić information content (AvgIpc) is 3.41. The summed E-state index contributed by atoms with van der Waals surface area (Å²) in [5.41, 5.74) is 0. The number of ether oxygens (including phenoxy) is 2. The SMILES string of the molecule is CC/C=C\C/C=C\C/C=C\C/C=C\CCCCCCCCCCCCCCCCCCCCCCCCCCCCC(=O)OC(COC(=O)CCCCCCCCCCCCCCCCCC)COP(=O)([O-])OCC[N+](C)(C)C. The molecule has 0 aliphatic heterocycles. The highest BCUT2D eigenvalue weighted by molar-refractivity contribution is 7.45. The van der Waals surface area contributed by atoms with Gasteiger partial charge in [0.2, 0.25) is 0 Å². The van der Waals surface area contributed by atoms with E-state index >= 15 is 0 Å². The molecule has 0 amide bonds. The molecule has 0 saturated carbocycles. The summed E-state index contributed by atoms with van der Waals surface area (Å²) in [5, 5.41) is 0. The van der Waals surface area contributed by atoms with Crippen LogP contribution in [0.5, 0.6) is 0 Å². The van der Waals surface area contributed by atoms with Gasteiger partial charge in [0.25, 0.3) is 7.82 Å². The number of phosphoric ester groups is 1. The number of hydrogen-bond donors (Lipinski definition) is 0. The third-order valence-corrected chi connectivity index (χ3v) is 16.1. The van der Waals surface area contributed by atoms with E-state index in [2.05, 4.69) is 62.5 Å². The lowest BCUT2D eigenvalue weighted by molar-refractivity contribution is -0.870. The highest BCUT2D eigenvalue weighted by Crippen LogP contribution is 2.38. The monoisotopic (exact) mass is 1130 g/mol. The lowest BCUT2D eigenvalue weighted by Crippen LogP contribution is -2.37. The van der Waals surface area contributed by atoms with Crippen LogP contribution in [0, 0.1) is 0 Å². The molecule has 0 spiro atoms. The Morgan fingerprint density at radius 2 is 0.722 bits per heavy atom. The van der Waals surface area contributed by atoms with Crippen LogP contribution in [-0.4, -0.2) is 70.0 Å². The number of carbonyl (C=O) groups excluding carboxylic acids is 2. The topological polar surface area (TPSA) is 111 Å². The molecule has 10 heteroatoms. The van der Waals surface area contributed by atoms with E-state index < -0.39 is 26.5 Å². The van der Waals surface area contributed by atoms with Crippen molar-refractivity contribution in [1.82, 2.24) is 0 Å². The number of hydrogen-bond acceptors (Lipinski definition) is 8. The second-order valence-corrected chi connectivity index (χ2v) is 25.6. The molecule has 0 heterocycles. The van der Waals surface area contributed by atoms with E-state index in [4.69, 9.17) is 18.5 Å². The number of rotatable bonds is 63. The second-order valence-electron chi connectivity index (χ2n) is 24.2. The van der Waals surface area contributed by atoms with Crippen molar-refractivity contribution in [2.75, 3.05) is 47.5 Å². The molecular weight excluding hydrogens is 1000 g/mol. The minimum absolute atomic E-state index is 0.0273. The Labute approximate surface area is 490 Å². The van der Waals surface area contributed by atoms with E-state index in [1.54, 1.807) is 0 Å². The van der Waals surface area contributed by atoms with E-state index in [1.807, 2.05) is 21.1 Å². The summed E-state index contributed by atoms with van der Waals surface area (Å²) in [6.07, 6.45) is 77.7. The van der Waals surface area contributed by atoms with Crippen molar-refractivity contribution in [3.05, 3.63) is 48.6 Å². The van der Waals surface area contributed by atoms with E-state index in [1.165, 1.54) is 238 Å². The van der Waals surface area contributed by atoms with Crippen molar-refractivity contribution in [1.29, 1.82) is 0 Å². The van der Waals surface area contributed by atoms with Crippen LogP contribution < -0.4 is 4.89 Å². The van der Waals surface area contributed by atoms with Crippen LogP contribution in [0.2, 0.25) is 0 Å². The van der Waals surface area contributed by atoms with Crippen molar-refractivity contribution < 1.29 is 42.1 Å². The molecule has 0 aromatic carbocycles. The van der Waals surface area contributed by atoms with Crippen LogP contribution in [0.3, 0.4) is 0 Å². The summed E-state index contributed by atoms with van der Waals surface area (Å²) in [6, 6.07) is 0. The van der Waals surface area contributed by atoms with Crippen LogP contribution >= 0.6 is 7.82 Å². The highest BCUT2D eigenvalue weighted by Gasteiger charge is 2.22. The van der Waals surface area contributed by atoms with E-state index in [9.17, 15) is 19.0 Å². The van der Waals surface area contributed by atoms with Gasteiger partial charge in [-0.15, -0.1) is 0 Å². The van der Waals surface area contributed by atoms with E-state index in [-0.39, 0.29) is 32.0 Å². The van der Waals surface area contributed by atoms with Gasteiger partial charge in [-0.25, -0.2) is 0 Å². The maximum atomic E-state index is 12.8. The number of quaternary nitrogens is 1. The quantitative estimate of drug-likeness (QED) is 0.0195. The summed E-state index contributed by atoms with van der Waals surface area (Å²) in [7, 11) is 1.19. The molecule has 0 radical (unpaired) electrons. The van der Waals surface area contributed by atoms with Crippen LogP contribution in [-0.2, 0) is 32.7 Å². The molecule has 464 valence electrons. The lowest BCUT2D eigenvalue weighted by atomic mass is 10.0. The summed E-state index contributed by atoms with van der Waals surface area (Å²) < 4.78 is 34.2. The Balaban J connectivity index is 3.89. The van der Waals surface area contributed by atoms with Gasteiger partial charge in [-0.05, 0) is 51.4 Å². The number of unbranched alkanes of at least 4 members (excludes halogenated alkanes) is 41. The molecule has 9 nitrogen and oxygen atoms in total. The summed E-state index contributed by atoms with van der Waals surface area (Å²) in [4.78, 5) is 37.9. The molecular formula is C69H130NO8P. The van der Waals surface area contributed by atoms with Gasteiger partial charge < -0.3 is 27.9 Å². The summed E-state index contributed by atoms with van der Waals surface area (Å²) in [6.45, 7) is 4.18. The fraction of sp³-hybridized carbons (Fsp3) is 0.855. The first-order valence-electron chi connectivity index (χ1n) is 33.8. The maximum absolute atomic E-state index is 12.8. The number of allylic oxidation sites excluding steroid dienone is 8. The minimum atomic E-state index is -4.63. The molecule has 0 fully saturated rings. The van der Waals surface area contributed by atoms with Gasteiger partial charge in [-0.3, -0.25) is 14.2 Å². The van der Waals surface area contributed by atoms with Gasteiger partial charge >= 0.3 is 11.9 Å². The first kappa shape index (κ1) is 77.0. The predicted octanol–water partition coefficient (Wildman–Crippen LogP) is 21.0. The molecule has 0 aromatic rings. The smallest absolute Gasteiger partial charge is 0.306 e. The Morgan fingerprint density at radius 1 is 0.405 bits per heavy atom. The van der Waals surface area contributed by atoms with Crippen LogP contribution in [0.1, 0.15) is 328 Å². The van der Waals surface area contributed by atoms with Crippen molar-refractivity contribution in [3.8, 4) is 0 Å². The van der Waals surface area contributed by atoms with Gasteiger partial charge in [-0.2, -0.15) is 0 Å². The van der Waals surface area contributed by atoms with Gasteiger partial charge in [0.15, 0.2) is 6.10 Å². The summed E-state index contributed by atoms with van der Waals surface area (Å²) in [5.74, 6) is -0.813. The van der Waals surface area contributed by atoms with Gasteiger partial charge in [-0.1, -0.05) is 313 Å². The van der Waals surface area contributed by atoms with Crippen molar-refractivity contribution in [2.24, 2.45) is 0 Å². The molecule has 0 aliphatic rings. The fourth-order valence-electron chi connectivity index (χ4n) is 9.95.